The van der Waals surface area contributed by atoms with Crippen LogP contribution >= 0.6 is 12.2 Å². The lowest BCUT2D eigenvalue weighted by Gasteiger charge is -2.18. The normalized spacial score (nSPS) is 12.0. The van der Waals surface area contributed by atoms with Crippen molar-refractivity contribution in [3.63, 3.8) is 0 Å². The Hall–Kier alpha value is -2.02. The summed E-state index contributed by atoms with van der Waals surface area (Å²) in [5.74, 6) is 0. The summed E-state index contributed by atoms with van der Waals surface area (Å²) in [6, 6.07) is 7.80. The van der Waals surface area contributed by atoms with Gasteiger partial charge in [-0.25, -0.2) is 8.42 Å². The minimum absolute atomic E-state index is 0.102. The Morgan fingerprint density at radius 3 is 2.32 bits per heavy atom. The third-order valence-electron chi connectivity index (χ3n) is 2.83. The fourth-order valence-corrected chi connectivity index (χ4v) is 3.22. The topological polar surface area (TPSA) is 112 Å². The standard InChI is InChI=1S/C13H17N5O2S2/c1-3-18(4-2)22(19,20)11-7-5-10(6-8-11)16-17-12(9-14)13(15)21/h5-8,16H,3-4H2,1-2H3,(H2,15,21)/b17-12-. The Labute approximate surface area is 135 Å². The number of benzene rings is 1. The van der Waals surface area contributed by atoms with Crippen LogP contribution in [0, 0.1) is 11.3 Å². The van der Waals surface area contributed by atoms with Crippen LogP contribution in [0.5, 0.6) is 0 Å². The highest BCUT2D eigenvalue weighted by Gasteiger charge is 2.21. The van der Waals surface area contributed by atoms with Gasteiger partial charge in [0.25, 0.3) is 0 Å². The van der Waals surface area contributed by atoms with E-state index < -0.39 is 10.0 Å². The van der Waals surface area contributed by atoms with Gasteiger partial charge in [0.05, 0.1) is 10.6 Å². The van der Waals surface area contributed by atoms with Crippen LogP contribution in [-0.4, -0.2) is 36.5 Å². The largest absolute Gasteiger partial charge is 0.387 e. The molecule has 0 bridgehead atoms. The van der Waals surface area contributed by atoms with Crippen molar-refractivity contribution in [2.75, 3.05) is 18.5 Å². The zero-order valence-corrected chi connectivity index (χ0v) is 13.9. The number of rotatable bonds is 7. The van der Waals surface area contributed by atoms with E-state index in [9.17, 15) is 8.42 Å². The highest BCUT2D eigenvalue weighted by Crippen LogP contribution is 2.18. The van der Waals surface area contributed by atoms with E-state index in [1.165, 1.54) is 16.4 Å². The first-order valence-electron chi connectivity index (χ1n) is 6.50. The van der Waals surface area contributed by atoms with E-state index in [2.05, 4.69) is 22.7 Å². The Bertz CT molecular complexity index is 701. The molecule has 0 aliphatic heterocycles. The van der Waals surface area contributed by atoms with Gasteiger partial charge in [-0.3, -0.25) is 5.43 Å². The summed E-state index contributed by atoms with van der Waals surface area (Å²) in [4.78, 5) is 0.0799. The number of sulfonamides is 1. The SMILES string of the molecule is CCN(CC)S(=O)(=O)c1ccc(N/N=C(/C#N)C(N)=S)cc1. The molecule has 0 spiro atoms. The van der Waals surface area contributed by atoms with Crippen LogP contribution in [-0.2, 0) is 10.0 Å². The third-order valence-corrected chi connectivity index (χ3v) is 5.09. The maximum Gasteiger partial charge on any atom is 0.243 e. The number of nitrogens with one attached hydrogen (secondary N) is 1. The van der Waals surface area contributed by atoms with E-state index in [-0.39, 0.29) is 15.6 Å². The molecule has 0 aliphatic carbocycles. The molecule has 1 rings (SSSR count). The number of nitrogens with two attached hydrogens (primary N) is 1. The van der Waals surface area contributed by atoms with E-state index in [0.29, 0.717) is 18.8 Å². The fraction of sp³-hybridized carbons (Fsp3) is 0.308. The summed E-state index contributed by atoms with van der Waals surface area (Å²) in [5, 5.41) is 12.5. The molecule has 22 heavy (non-hydrogen) atoms. The van der Waals surface area contributed by atoms with Crippen LogP contribution in [0.1, 0.15) is 13.8 Å². The Morgan fingerprint density at radius 1 is 1.36 bits per heavy atom. The first kappa shape index (κ1) is 18.0. The maximum atomic E-state index is 12.3. The molecular formula is C13H17N5O2S2. The van der Waals surface area contributed by atoms with Gasteiger partial charge in [0, 0.05) is 13.1 Å². The van der Waals surface area contributed by atoms with Gasteiger partial charge in [-0.15, -0.1) is 0 Å². The van der Waals surface area contributed by atoms with Gasteiger partial charge in [0.15, 0.2) is 5.71 Å². The summed E-state index contributed by atoms with van der Waals surface area (Å²) in [5.41, 5.74) is 8.33. The molecule has 0 aromatic heterocycles. The predicted molar refractivity (Wildman–Crippen MR) is 90.0 cm³/mol. The first-order valence-corrected chi connectivity index (χ1v) is 8.35. The van der Waals surface area contributed by atoms with Gasteiger partial charge in [-0.2, -0.15) is 14.7 Å². The quantitative estimate of drug-likeness (QED) is 0.440. The van der Waals surface area contributed by atoms with Crippen LogP contribution in [0.2, 0.25) is 0 Å². The fourth-order valence-electron chi connectivity index (χ4n) is 1.67. The van der Waals surface area contributed by atoms with Gasteiger partial charge in [-0.05, 0) is 24.3 Å². The van der Waals surface area contributed by atoms with Crippen molar-refractivity contribution in [3.05, 3.63) is 24.3 Å². The molecule has 0 heterocycles. The Kier molecular flexibility index (Phi) is 6.42. The minimum atomic E-state index is -3.49. The number of hydrazone groups is 1. The number of nitriles is 1. The van der Waals surface area contributed by atoms with Crippen LogP contribution in [0.4, 0.5) is 5.69 Å². The zero-order chi connectivity index (χ0) is 16.8. The van der Waals surface area contributed by atoms with E-state index in [1.54, 1.807) is 32.0 Å². The Morgan fingerprint density at radius 2 is 1.91 bits per heavy atom. The maximum absolute atomic E-state index is 12.3. The van der Waals surface area contributed by atoms with E-state index in [4.69, 9.17) is 11.0 Å². The molecule has 0 saturated carbocycles. The molecule has 0 fully saturated rings. The number of thiocarbonyl (C=S) groups is 1. The second-order valence-corrected chi connectivity index (χ2v) is 6.54. The van der Waals surface area contributed by atoms with Crippen molar-refractivity contribution >= 4 is 38.6 Å². The van der Waals surface area contributed by atoms with E-state index in [1.807, 2.05) is 0 Å². The van der Waals surface area contributed by atoms with Crippen LogP contribution < -0.4 is 11.2 Å². The molecule has 0 unspecified atom stereocenters. The van der Waals surface area contributed by atoms with Gasteiger partial charge in [0.2, 0.25) is 10.0 Å². The smallest absolute Gasteiger partial charge is 0.243 e. The van der Waals surface area contributed by atoms with Crippen molar-refractivity contribution in [2.45, 2.75) is 18.7 Å². The molecular weight excluding hydrogens is 322 g/mol. The zero-order valence-electron chi connectivity index (χ0n) is 12.3. The lowest BCUT2D eigenvalue weighted by molar-refractivity contribution is 0.445. The van der Waals surface area contributed by atoms with Crippen molar-refractivity contribution in [3.8, 4) is 6.07 Å². The lowest BCUT2D eigenvalue weighted by Crippen LogP contribution is -2.30. The summed E-state index contributed by atoms with van der Waals surface area (Å²) in [6.45, 7) is 4.38. The van der Waals surface area contributed by atoms with Crippen molar-refractivity contribution in [1.82, 2.24) is 4.31 Å². The highest BCUT2D eigenvalue weighted by molar-refractivity contribution is 7.89. The molecule has 0 saturated heterocycles. The second-order valence-electron chi connectivity index (χ2n) is 4.16. The average Bonchev–Trinajstić information content (AvgIpc) is 2.49. The molecule has 0 amide bonds. The predicted octanol–water partition coefficient (Wildman–Crippen LogP) is 1.29. The van der Waals surface area contributed by atoms with Crippen LogP contribution in [0.15, 0.2) is 34.3 Å². The molecule has 1 aromatic rings. The monoisotopic (exact) mass is 339 g/mol. The average molecular weight is 339 g/mol. The van der Waals surface area contributed by atoms with E-state index >= 15 is 0 Å². The molecule has 0 radical (unpaired) electrons. The van der Waals surface area contributed by atoms with Crippen LogP contribution in [0.25, 0.3) is 0 Å². The van der Waals surface area contributed by atoms with Gasteiger partial charge in [0.1, 0.15) is 11.1 Å². The number of nitrogens with zero attached hydrogens (tertiary/aromatic N) is 3. The minimum Gasteiger partial charge on any atom is -0.387 e. The van der Waals surface area contributed by atoms with Crippen molar-refractivity contribution in [1.29, 1.82) is 5.26 Å². The van der Waals surface area contributed by atoms with Gasteiger partial charge < -0.3 is 5.73 Å². The molecule has 0 atom stereocenters. The summed E-state index contributed by atoms with van der Waals surface area (Å²) in [7, 11) is -3.49. The third kappa shape index (κ3) is 4.24. The van der Waals surface area contributed by atoms with Gasteiger partial charge in [-0.1, -0.05) is 26.1 Å². The van der Waals surface area contributed by atoms with E-state index in [0.717, 1.165) is 0 Å². The first-order chi connectivity index (χ1) is 10.4. The molecule has 1 aromatic carbocycles. The van der Waals surface area contributed by atoms with Crippen molar-refractivity contribution in [2.24, 2.45) is 10.8 Å². The number of anilines is 1. The number of hydrogen-bond acceptors (Lipinski definition) is 6. The molecule has 9 heteroatoms. The lowest BCUT2D eigenvalue weighted by atomic mass is 10.3. The van der Waals surface area contributed by atoms with Gasteiger partial charge >= 0.3 is 0 Å². The molecule has 3 N–H and O–H groups in total. The second kappa shape index (κ2) is 7.84. The molecule has 118 valence electrons. The summed E-state index contributed by atoms with van der Waals surface area (Å²) in [6.07, 6.45) is 0. The molecule has 7 nitrogen and oxygen atoms in total. The highest BCUT2D eigenvalue weighted by atomic mass is 32.2. The number of hydrogen-bond donors (Lipinski definition) is 2. The van der Waals surface area contributed by atoms with Crippen LogP contribution in [0.3, 0.4) is 0 Å². The van der Waals surface area contributed by atoms with Crippen molar-refractivity contribution < 1.29 is 8.42 Å². The molecule has 0 aliphatic rings. The summed E-state index contributed by atoms with van der Waals surface area (Å²) >= 11 is 4.66. The summed E-state index contributed by atoms with van der Waals surface area (Å²) < 4.78 is 26.0. The Balaban J connectivity index is 2.97.